The van der Waals surface area contributed by atoms with Gasteiger partial charge in [-0.05, 0) is 32.8 Å². The van der Waals surface area contributed by atoms with Crippen molar-refractivity contribution in [2.24, 2.45) is 0 Å². The fourth-order valence-corrected chi connectivity index (χ4v) is 3.42. The molecule has 172 valence electrons. The van der Waals surface area contributed by atoms with E-state index in [0.29, 0.717) is 12.1 Å². The van der Waals surface area contributed by atoms with Crippen LogP contribution >= 0.6 is 0 Å². The molecule has 0 bridgehead atoms. The number of hydrogen-bond acceptors (Lipinski definition) is 9. The summed E-state index contributed by atoms with van der Waals surface area (Å²) in [5.41, 5.74) is 0.0995. The topological polar surface area (TPSA) is 134 Å². The molecule has 0 saturated carbocycles. The van der Waals surface area contributed by atoms with Gasteiger partial charge in [-0.25, -0.2) is 14.4 Å². The number of nitro benzene ring substituents is 1. The van der Waals surface area contributed by atoms with Gasteiger partial charge in [-0.2, -0.15) is 0 Å². The van der Waals surface area contributed by atoms with E-state index in [1.807, 2.05) is 0 Å². The Balaban J connectivity index is 2.87. The molecule has 2 rings (SSSR count). The monoisotopic (exact) mass is 446 g/mol. The van der Waals surface area contributed by atoms with Gasteiger partial charge in [-0.1, -0.05) is 19.1 Å². The van der Waals surface area contributed by atoms with Crippen LogP contribution in [-0.2, 0) is 28.6 Å². The molecule has 0 spiro atoms. The Bertz CT molecular complexity index is 980. The first kappa shape index (κ1) is 24.6. The number of dihydropyridines is 1. The van der Waals surface area contributed by atoms with Crippen molar-refractivity contribution >= 4 is 23.6 Å². The fraction of sp³-hybridized carbons (Fsp3) is 0.409. The maximum atomic E-state index is 13.0. The summed E-state index contributed by atoms with van der Waals surface area (Å²) in [4.78, 5) is 49.5. The summed E-state index contributed by atoms with van der Waals surface area (Å²) in [6.07, 6.45) is 0.290. The lowest BCUT2D eigenvalue weighted by Crippen LogP contribution is -2.37. The summed E-state index contributed by atoms with van der Waals surface area (Å²) >= 11 is 0. The number of esters is 3. The highest BCUT2D eigenvalue weighted by atomic mass is 16.6. The number of carbonyl (C=O) groups excluding carboxylic acids is 3. The van der Waals surface area contributed by atoms with Gasteiger partial charge in [0, 0.05) is 17.8 Å². The molecule has 0 radical (unpaired) electrons. The van der Waals surface area contributed by atoms with E-state index >= 15 is 0 Å². The molecule has 1 atom stereocenters. The molecule has 1 aromatic rings. The van der Waals surface area contributed by atoms with Crippen molar-refractivity contribution in [3.63, 3.8) is 0 Å². The van der Waals surface area contributed by atoms with Crippen molar-refractivity contribution in [3.8, 4) is 0 Å². The Hall–Kier alpha value is -3.69. The number of nitrogens with zero attached hydrogens (tertiary/aromatic N) is 1. The number of nitro groups is 1. The largest absolute Gasteiger partial charge is 0.463 e. The van der Waals surface area contributed by atoms with Crippen molar-refractivity contribution < 1.29 is 33.5 Å². The summed E-state index contributed by atoms with van der Waals surface area (Å²) in [7, 11) is 0. The van der Waals surface area contributed by atoms with Crippen LogP contribution in [0, 0.1) is 10.1 Å². The molecular formula is C22H26N2O8. The van der Waals surface area contributed by atoms with Gasteiger partial charge in [0.15, 0.2) is 0 Å². The van der Waals surface area contributed by atoms with E-state index in [1.165, 1.54) is 24.3 Å². The maximum Gasteiger partial charge on any atom is 0.355 e. The third-order valence-electron chi connectivity index (χ3n) is 4.69. The molecule has 1 heterocycles. The van der Waals surface area contributed by atoms with Gasteiger partial charge in [-0.15, -0.1) is 0 Å². The lowest BCUT2D eigenvalue weighted by Gasteiger charge is -2.31. The molecule has 10 nitrogen and oxygen atoms in total. The number of hydrogen-bond donors (Lipinski definition) is 1. The predicted molar refractivity (Wildman–Crippen MR) is 113 cm³/mol. The lowest BCUT2D eigenvalue weighted by atomic mass is 9.79. The summed E-state index contributed by atoms with van der Waals surface area (Å²) in [5.74, 6) is -3.50. The van der Waals surface area contributed by atoms with E-state index in [-0.39, 0.29) is 47.9 Å². The van der Waals surface area contributed by atoms with Gasteiger partial charge in [0.25, 0.3) is 5.69 Å². The number of carbonyl (C=O) groups is 3. The van der Waals surface area contributed by atoms with Crippen LogP contribution in [0.25, 0.3) is 0 Å². The lowest BCUT2D eigenvalue weighted by molar-refractivity contribution is -0.384. The summed E-state index contributed by atoms with van der Waals surface area (Å²) in [6, 6.07) is 5.53. The summed E-state index contributed by atoms with van der Waals surface area (Å²) < 4.78 is 15.5. The van der Waals surface area contributed by atoms with Crippen LogP contribution in [0.2, 0.25) is 0 Å². The predicted octanol–water partition coefficient (Wildman–Crippen LogP) is 2.89. The highest BCUT2D eigenvalue weighted by Crippen LogP contribution is 2.41. The first-order valence-electron chi connectivity index (χ1n) is 10.3. The molecule has 32 heavy (non-hydrogen) atoms. The Labute approximate surface area is 185 Å². The van der Waals surface area contributed by atoms with Crippen LogP contribution in [0.1, 0.15) is 45.6 Å². The van der Waals surface area contributed by atoms with Gasteiger partial charge in [-0.3, -0.25) is 10.1 Å². The average Bonchev–Trinajstić information content (AvgIpc) is 2.78. The number of ether oxygens (including phenoxy) is 3. The SMILES string of the molecule is CCOC(=O)C1=C(C(=O)OCC)C(c2cccc([N+](=O)[O-])c2)C(C(=O)OCC)=C(CC)N1. The molecule has 0 saturated heterocycles. The molecule has 1 aliphatic rings. The van der Waals surface area contributed by atoms with Crippen LogP contribution < -0.4 is 5.32 Å². The molecule has 0 aromatic heterocycles. The number of allylic oxidation sites excluding steroid dienone is 1. The molecule has 1 unspecified atom stereocenters. The molecule has 0 amide bonds. The van der Waals surface area contributed by atoms with E-state index in [0.717, 1.165) is 0 Å². The zero-order valence-corrected chi connectivity index (χ0v) is 18.4. The van der Waals surface area contributed by atoms with Crippen LogP contribution in [0.4, 0.5) is 5.69 Å². The fourth-order valence-electron chi connectivity index (χ4n) is 3.42. The van der Waals surface area contributed by atoms with Crippen molar-refractivity contribution in [1.82, 2.24) is 5.32 Å². The maximum absolute atomic E-state index is 13.0. The Morgan fingerprint density at radius 1 is 0.938 bits per heavy atom. The smallest absolute Gasteiger partial charge is 0.355 e. The van der Waals surface area contributed by atoms with Crippen LogP contribution in [0.3, 0.4) is 0 Å². The van der Waals surface area contributed by atoms with Crippen LogP contribution in [-0.4, -0.2) is 42.7 Å². The molecule has 0 aliphatic carbocycles. The minimum atomic E-state index is -1.14. The zero-order chi connectivity index (χ0) is 23.8. The number of benzene rings is 1. The number of non-ortho nitro benzene ring substituents is 1. The van der Waals surface area contributed by atoms with E-state index < -0.39 is 28.7 Å². The first-order valence-corrected chi connectivity index (χ1v) is 10.3. The second kappa shape index (κ2) is 11.1. The van der Waals surface area contributed by atoms with Gasteiger partial charge in [0.2, 0.25) is 0 Å². The van der Waals surface area contributed by atoms with Crippen molar-refractivity contribution in [2.45, 2.75) is 40.0 Å². The van der Waals surface area contributed by atoms with E-state index in [1.54, 1.807) is 27.7 Å². The zero-order valence-electron chi connectivity index (χ0n) is 18.4. The van der Waals surface area contributed by atoms with Crippen molar-refractivity contribution in [1.29, 1.82) is 0 Å². The molecule has 1 aliphatic heterocycles. The third-order valence-corrected chi connectivity index (χ3v) is 4.69. The van der Waals surface area contributed by atoms with Crippen molar-refractivity contribution in [2.75, 3.05) is 19.8 Å². The highest BCUT2D eigenvalue weighted by Gasteiger charge is 2.42. The third kappa shape index (κ3) is 5.13. The molecule has 1 aromatic carbocycles. The van der Waals surface area contributed by atoms with Gasteiger partial charge < -0.3 is 19.5 Å². The Morgan fingerprint density at radius 2 is 1.50 bits per heavy atom. The summed E-state index contributed by atoms with van der Waals surface area (Å²) in [5, 5.41) is 14.2. The Morgan fingerprint density at radius 3 is 2.03 bits per heavy atom. The number of nitrogens with one attached hydrogen (secondary N) is 1. The average molecular weight is 446 g/mol. The van der Waals surface area contributed by atoms with Crippen molar-refractivity contribution in [3.05, 3.63) is 62.5 Å². The quantitative estimate of drug-likeness (QED) is 0.263. The normalized spacial score (nSPS) is 15.7. The first-order chi connectivity index (χ1) is 15.3. The van der Waals surface area contributed by atoms with Crippen LogP contribution in [0.15, 0.2) is 46.8 Å². The van der Waals surface area contributed by atoms with E-state index in [2.05, 4.69) is 5.32 Å². The number of rotatable bonds is 9. The minimum Gasteiger partial charge on any atom is -0.463 e. The minimum absolute atomic E-state index is 0.0131. The molecule has 10 heteroatoms. The van der Waals surface area contributed by atoms with Gasteiger partial charge in [0.1, 0.15) is 5.70 Å². The van der Waals surface area contributed by atoms with E-state index in [9.17, 15) is 24.5 Å². The Kier molecular flexibility index (Phi) is 8.51. The van der Waals surface area contributed by atoms with Gasteiger partial charge >= 0.3 is 17.9 Å². The van der Waals surface area contributed by atoms with E-state index in [4.69, 9.17) is 14.2 Å². The standard InChI is InChI=1S/C22H26N2O8/c1-5-15-17(20(25)30-6-2)16(13-10-9-11-14(12-13)24(28)29)18(21(26)31-7-3)19(23-15)22(27)32-8-4/h9-12,16,23H,5-8H2,1-4H3. The summed E-state index contributed by atoms with van der Waals surface area (Å²) in [6.45, 7) is 6.74. The molecule has 0 fully saturated rings. The highest BCUT2D eigenvalue weighted by molar-refractivity contribution is 6.06. The van der Waals surface area contributed by atoms with Gasteiger partial charge in [0.05, 0.1) is 41.8 Å². The second-order valence-electron chi connectivity index (χ2n) is 6.61. The second-order valence-corrected chi connectivity index (χ2v) is 6.61. The van der Waals surface area contributed by atoms with Crippen LogP contribution in [0.5, 0.6) is 0 Å². The molecule has 1 N–H and O–H groups in total. The molecular weight excluding hydrogens is 420 g/mol.